The van der Waals surface area contributed by atoms with Gasteiger partial charge in [0.05, 0.1) is 22.7 Å². The van der Waals surface area contributed by atoms with E-state index in [1.54, 1.807) is 61.4 Å². The lowest BCUT2D eigenvalue weighted by atomic mass is 9.90. The number of nitrogens with zero attached hydrogens (tertiary/aromatic N) is 4. The third kappa shape index (κ3) is 4.58. The van der Waals surface area contributed by atoms with Gasteiger partial charge in [-0.2, -0.15) is 0 Å². The molecule has 9 heteroatoms. The van der Waals surface area contributed by atoms with Crippen molar-refractivity contribution in [3.05, 3.63) is 47.5 Å². The fourth-order valence-electron chi connectivity index (χ4n) is 5.46. The molecule has 4 amide bonds. The number of hydrogen-bond donors (Lipinski definition) is 1. The van der Waals surface area contributed by atoms with E-state index in [1.165, 1.54) is 0 Å². The van der Waals surface area contributed by atoms with Gasteiger partial charge in [-0.1, -0.05) is 12.1 Å². The standard InChI is InChI=1S/C30H39N5O4/c1-9-34-21-13-11-19(15-23(21)32(7)25(36)29(3,4)27(34)38)17-31-18-20-12-14-22-24(16-20)33(8)26(37)30(5,6)28(39)35(22)10-2/h11-16,31H,9-10,17-18H2,1-8H3. The first-order valence-electron chi connectivity index (χ1n) is 13.4. The first-order chi connectivity index (χ1) is 18.3. The highest BCUT2D eigenvalue weighted by Crippen LogP contribution is 2.40. The van der Waals surface area contributed by atoms with Gasteiger partial charge in [0.25, 0.3) is 0 Å². The Balaban J connectivity index is 1.56. The quantitative estimate of drug-likeness (QED) is 0.572. The highest BCUT2D eigenvalue weighted by molar-refractivity contribution is 6.20. The molecular weight excluding hydrogens is 494 g/mol. The molecule has 0 atom stereocenters. The van der Waals surface area contributed by atoms with Gasteiger partial charge in [0.2, 0.25) is 23.6 Å². The van der Waals surface area contributed by atoms with E-state index in [2.05, 4.69) is 5.32 Å². The summed E-state index contributed by atoms with van der Waals surface area (Å²) in [5, 5.41) is 3.45. The molecule has 0 unspecified atom stereocenters. The van der Waals surface area contributed by atoms with Crippen LogP contribution in [0.2, 0.25) is 0 Å². The van der Waals surface area contributed by atoms with Crippen LogP contribution in [0, 0.1) is 10.8 Å². The fourth-order valence-corrected chi connectivity index (χ4v) is 5.46. The second-order valence-corrected chi connectivity index (χ2v) is 11.3. The fraction of sp³-hybridized carbons (Fsp3) is 0.467. The Morgan fingerprint density at radius 2 is 0.949 bits per heavy atom. The summed E-state index contributed by atoms with van der Waals surface area (Å²) in [6.07, 6.45) is 0. The molecule has 0 fully saturated rings. The third-order valence-corrected chi connectivity index (χ3v) is 7.91. The number of hydrogen-bond acceptors (Lipinski definition) is 5. The summed E-state index contributed by atoms with van der Waals surface area (Å²) in [4.78, 5) is 59.0. The lowest BCUT2D eigenvalue weighted by Crippen LogP contribution is -2.47. The second kappa shape index (κ2) is 10.1. The molecule has 0 bridgehead atoms. The minimum absolute atomic E-state index is 0.204. The van der Waals surface area contributed by atoms with Crippen LogP contribution in [-0.2, 0) is 32.3 Å². The van der Waals surface area contributed by atoms with E-state index in [0.717, 1.165) is 22.5 Å². The molecule has 39 heavy (non-hydrogen) atoms. The van der Waals surface area contributed by atoms with E-state index in [-0.39, 0.29) is 23.6 Å². The molecule has 2 aromatic rings. The molecule has 1 N–H and O–H groups in total. The maximum absolute atomic E-state index is 13.1. The SMILES string of the molecule is CCN1C(=O)C(C)(C)C(=O)N(C)c2cc(CNCc3ccc4c(c3)N(C)C(=O)C(C)(C)C(=O)N4CC)ccc21. The molecule has 2 aromatic carbocycles. The molecule has 4 rings (SSSR count). The summed E-state index contributed by atoms with van der Waals surface area (Å²) in [6.45, 7) is 12.5. The Hall–Kier alpha value is -3.72. The van der Waals surface area contributed by atoms with E-state index < -0.39 is 10.8 Å². The first-order valence-corrected chi connectivity index (χ1v) is 13.4. The smallest absolute Gasteiger partial charge is 0.242 e. The summed E-state index contributed by atoms with van der Waals surface area (Å²) < 4.78 is 0. The van der Waals surface area contributed by atoms with Crippen molar-refractivity contribution in [2.24, 2.45) is 10.8 Å². The van der Waals surface area contributed by atoms with Crippen molar-refractivity contribution < 1.29 is 19.2 Å². The number of rotatable bonds is 6. The topological polar surface area (TPSA) is 93.3 Å². The summed E-state index contributed by atoms with van der Waals surface area (Å²) >= 11 is 0. The first kappa shape index (κ1) is 28.3. The molecule has 0 saturated heterocycles. The van der Waals surface area contributed by atoms with Crippen molar-refractivity contribution in [1.82, 2.24) is 5.32 Å². The molecule has 2 aliphatic heterocycles. The minimum atomic E-state index is -1.14. The number of benzene rings is 2. The normalized spacial score (nSPS) is 18.7. The van der Waals surface area contributed by atoms with Crippen LogP contribution in [0.3, 0.4) is 0 Å². The van der Waals surface area contributed by atoms with Gasteiger partial charge in [-0.05, 0) is 76.9 Å². The summed E-state index contributed by atoms with van der Waals surface area (Å²) in [7, 11) is 3.43. The highest BCUT2D eigenvalue weighted by atomic mass is 16.2. The summed E-state index contributed by atoms with van der Waals surface area (Å²) in [5.41, 5.74) is 2.53. The van der Waals surface area contributed by atoms with Crippen molar-refractivity contribution in [2.45, 2.75) is 54.6 Å². The molecular formula is C30H39N5O4. The van der Waals surface area contributed by atoms with Crippen LogP contribution < -0.4 is 24.9 Å². The van der Waals surface area contributed by atoms with Crippen molar-refractivity contribution in [3.63, 3.8) is 0 Å². The average molecular weight is 534 g/mol. The Morgan fingerprint density at radius 1 is 0.590 bits per heavy atom. The predicted molar refractivity (Wildman–Crippen MR) is 154 cm³/mol. The zero-order chi connectivity index (χ0) is 28.9. The molecule has 0 aliphatic carbocycles. The van der Waals surface area contributed by atoms with Crippen molar-refractivity contribution >= 4 is 46.4 Å². The van der Waals surface area contributed by atoms with Crippen LogP contribution in [0.25, 0.3) is 0 Å². The van der Waals surface area contributed by atoms with Gasteiger partial charge < -0.3 is 24.9 Å². The molecule has 0 aromatic heterocycles. The number of carbonyl (C=O) groups is 4. The van der Waals surface area contributed by atoms with Crippen molar-refractivity contribution in [3.8, 4) is 0 Å². The van der Waals surface area contributed by atoms with Gasteiger partial charge in [0.15, 0.2) is 0 Å². The average Bonchev–Trinajstić information content (AvgIpc) is 3.00. The largest absolute Gasteiger partial charge is 0.313 e. The van der Waals surface area contributed by atoms with E-state index >= 15 is 0 Å². The van der Waals surface area contributed by atoms with E-state index in [9.17, 15) is 19.2 Å². The van der Waals surface area contributed by atoms with E-state index in [4.69, 9.17) is 0 Å². The molecule has 208 valence electrons. The van der Waals surface area contributed by atoms with Crippen LogP contribution in [0.15, 0.2) is 36.4 Å². The number of anilines is 4. The zero-order valence-electron chi connectivity index (χ0n) is 24.2. The van der Waals surface area contributed by atoms with Gasteiger partial charge >= 0.3 is 0 Å². The Labute approximate surface area is 230 Å². The van der Waals surface area contributed by atoms with Gasteiger partial charge in [-0.15, -0.1) is 0 Å². The molecule has 0 spiro atoms. The maximum Gasteiger partial charge on any atom is 0.242 e. The minimum Gasteiger partial charge on any atom is -0.313 e. The Morgan fingerprint density at radius 3 is 1.28 bits per heavy atom. The maximum atomic E-state index is 13.1. The zero-order valence-corrected chi connectivity index (χ0v) is 24.2. The Bertz CT molecular complexity index is 1250. The molecule has 0 saturated carbocycles. The number of nitrogens with one attached hydrogen (secondary N) is 1. The number of amides is 4. The van der Waals surface area contributed by atoms with Crippen molar-refractivity contribution in [2.75, 3.05) is 46.8 Å². The van der Waals surface area contributed by atoms with Gasteiger partial charge in [-0.25, -0.2) is 0 Å². The molecule has 2 heterocycles. The number of fused-ring (bicyclic) bond motifs is 2. The van der Waals surface area contributed by atoms with Crippen LogP contribution in [0.4, 0.5) is 22.7 Å². The van der Waals surface area contributed by atoms with Crippen LogP contribution >= 0.6 is 0 Å². The summed E-state index contributed by atoms with van der Waals surface area (Å²) in [5.74, 6) is -0.878. The van der Waals surface area contributed by atoms with Gasteiger partial charge in [0, 0.05) is 40.3 Å². The van der Waals surface area contributed by atoms with E-state index in [0.29, 0.717) is 37.6 Å². The van der Waals surface area contributed by atoms with Gasteiger partial charge in [0.1, 0.15) is 10.8 Å². The van der Waals surface area contributed by atoms with Crippen LogP contribution in [-0.4, -0.2) is 50.8 Å². The number of carbonyl (C=O) groups excluding carboxylic acids is 4. The third-order valence-electron chi connectivity index (χ3n) is 7.91. The second-order valence-electron chi connectivity index (χ2n) is 11.3. The van der Waals surface area contributed by atoms with Gasteiger partial charge in [-0.3, -0.25) is 19.2 Å². The van der Waals surface area contributed by atoms with Crippen molar-refractivity contribution in [1.29, 1.82) is 0 Å². The van der Waals surface area contributed by atoms with Crippen LogP contribution in [0.5, 0.6) is 0 Å². The van der Waals surface area contributed by atoms with Crippen LogP contribution in [0.1, 0.15) is 52.7 Å². The lowest BCUT2D eigenvalue weighted by molar-refractivity contribution is -0.139. The Kier molecular flexibility index (Phi) is 7.33. The molecule has 2 aliphatic rings. The molecule has 9 nitrogen and oxygen atoms in total. The molecule has 0 radical (unpaired) electrons. The monoisotopic (exact) mass is 533 g/mol. The summed E-state index contributed by atoms with van der Waals surface area (Å²) in [6, 6.07) is 11.6. The lowest BCUT2D eigenvalue weighted by Gasteiger charge is -2.27. The predicted octanol–water partition coefficient (Wildman–Crippen LogP) is 3.69. The van der Waals surface area contributed by atoms with E-state index in [1.807, 2.05) is 50.2 Å². The highest BCUT2D eigenvalue weighted by Gasteiger charge is 2.46.